The second kappa shape index (κ2) is 8.90. The molecular formula is C15H33N3O. The summed E-state index contributed by atoms with van der Waals surface area (Å²) >= 11 is 0. The topological polar surface area (TPSA) is 27.7 Å². The van der Waals surface area contributed by atoms with Crippen molar-refractivity contribution in [3.05, 3.63) is 0 Å². The van der Waals surface area contributed by atoms with Crippen molar-refractivity contribution in [2.75, 3.05) is 46.9 Å². The minimum Gasteiger partial charge on any atom is -0.383 e. The van der Waals surface area contributed by atoms with E-state index in [1.54, 1.807) is 7.11 Å². The molecule has 0 aromatic heterocycles. The highest BCUT2D eigenvalue weighted by molar-refractivity contribution is 4.83. The van der Waals surface area contributed by atoms with E-state index in [4.69, 9.17) is 4.74 Å². The zero-order valence-corrected chi connectivity index (χ0v) is 13.5. The van der Waals surface area contributed by atoms with E-state index in [1.807, 2.05) is 0 Å². The minimum absolute atomic E-state index is 0.477. The summed E-state index contributed by atoms with van der Waals surface area (Å²) in [7, 11) is 4.06. The third kappa shape index (κ3) is 5.78. The molecule has 1 atom stereocenters. The van der Waals surface area contributed by atoms with Crippen LogP contribution in [0.5, 0.6) is 0 Å². The van der Waals surface area contributed by atoms with Crippen LogP contribution in [0.4, 0.5) is 0 Å². The van der Waals surface area contributed by atoms with Crippen LogP contribution in [0.2, 0.25) is 0 Å². The van der Waals surface area contributed by atoms with Gasteiger partial charge in [-0.2, -0.15) is 0 Å². The molecule has 1 heterocycles. The lowest BCUT2D eigenvalue weighted by molar-refractivity contribution is 0.0513. The van der Waals surface area contributed by atoms with Crippen molar-refractivity contribution in [2.24, 2.45) is 0 Å². The molecule has 1 fully saturated rings. The fourth-order valence-corrected chi connectivity index (χ4v) is 2.83. The Morgan fingerprint density at radius 2 is 1.95 bits per heavy atom. The number of rotatable bonds is 8. The van der Waals surface area contributed by atoms with Gasteiger partial charge in [0.25, 0.3) is 0 Å². The van der Waals surface area contributed by atoms with Crippen LogP contribution in [0.25, 0.3) is 0 Å². The molecule has 1 N–H and O–H groups in total. The number of likely N-dealkylation sites (N-methyl/N-ethyl adjacent to an activating group) is 1. The predicted octanol–water partition coefficient (Wildman–Crippen LogP) is 1.42. The summed E-state index contributed by atoms with van der Waals surface area (Å²) in [5.41, 5.74) is 0. The average molecular weight is 271 g/mol. The number of methoxy groups -OCH3 is 1. The Morgan fingerprint density at radius 1 is 1.32 bits per heavy atom. The van der Waals surface area contributed by atoms with Crippen molar-refractivity contribution >= 4 is 0 Å². The quantitative estimate of drug-likeness (QED) is 0.722. The van der Waals surface area contributed by atoms with E-state index in [0.29, 0.717) is 18.1 Å². The number of nitrogens with zero attached hydrogens (tertiary/aromatic N) is 2. The second-order valence-corrected chi connectivity index (χ2v) is 6.00. The molecule has 19 heavy (non-hydrogen) atoms. The maximum absolute atomic E-state index is 5.40. The standard InChI is InChI=1S/C15H33N3O/c1-6-18-9-7-14(8-10-18)17(4)15(12-19-5)11-16-13(2)3/h13-16H,6-12H2,1-5H3. The Balaban J connectivity index is 2.44. The smallest absolute Gasteiger partial charge is 0.0630 e. The van der Waals surface area contributed by atoms with Gasteiger partial charge in [0.15, 0.2) is 0 Å². The average Bonchev–Trinajstić information content (AvgIpc) is 2.42. The molecule has 114 valence electrons. The van der Waals surface area contributed by atoms with Gasteiger partial charge < -0.3 is 15.0 Å². The molecule has 4 nitrogen and oxygen atoms in total. The summed E-state index contributed by atoms with van der Waals surface area (Å²) in [4.78, 5) is 5.08. The Labute approximate surface area is 119 Å². The van der Waals surface area contributed by atoms with Crippen molar-refractivity contribution in [1.29, 1.82) is 0 Å². The molecule has 0 amide bonds. The van der Waals surface area contributed by atoms with Crippen molar-refractivity contribution in [3.63, 3.8) is 0 Å². The number of piperidine rings is 1. The fraction of sp³-hybridized carbons (Fsp3) is 1.00. The first kappa shape index (κ1) is 16.9. The minimum atomic E-state index is 0.477. The summed E-state index contributed by atoms with van der Waals surface area (Å²) in [6.07, 6.45) is 2.57. The molecule has 1 aliphatic rings. The first-order chi connectivity index (χ1) is 9.08. The third-order valence-electron chi connectivity index (χ3n) is 4.28. The Morgan fingerprint density at radius 3 is 2.42 bits per heavy atom. The number of ether oxygens (including phenoxy) is 1. The molecule has 0 aliphatic carbocycles. The van der Waals surface area contributed by atoms with Crippen LogP contribution < -0.4 is 5.32 Å². The molecule has 1 aliphatic heterocycles. The molecule has 0 saturated carbocycles. The zero-order valence-electron chi connectivity index (χ0n) is 13.5. The van der Waals surface area contributed by atoms with Crippen molar-refractivity contribution < 1.29 is 4.74 Å². The van der Waals surface area contributed by atoms with Crippen LogP contribution in [0.1, 0.15) is 33.6 Å². The van der Waals surface area contributed by atoms with E-state index in [0.717, 1.165) is 13.2 Å². The van der Waals surface area contributed by atoms with E-state index in [9.17, 15) is 0 Å². The Bertz CT molecular complexity index is 227. The number of hydrogen-bond acceptors (Lipinski definition) is 4. The van der Waals surface area contributed by atoms with Gasteiger partial charge in [-0.15, -0.1) is 0 Å². The first-order valence-corrected chi connectivity index (χ1v) is 7.75. The van der Waals surface area contributed by atoms with Crippen LogP contribution in [0.15, 0.2) is 0 Å². The van der Waals surface area contributed by atoms with Crippen LogP contribution in [0, 0.1) is 0 Å². The van der Waals surface area contributed by atoms with E-state index in [-0.39, 0.29) is 0 Å². The highest BCUT2D eigenvalue weighted by atomic mass is 16.5. The van der Waals surface area contributed by atoms with Gasteiger partial charge >= 0.3 is 0 Å². The van der Waals surface area contributed by atoms with Gasteiger partial charge in [-0.25, -0.2) is 0 Å². The summed E-state index contributed by atoms with van der Waals surface area (Å²) in [5, 5.41) is 3.54. The van der Waals surface area contributed by atoms with Gasteiger partial charge in [0.05, 0.1) is 6.61 Å². The summed E-state index contributed by atoms with van der Waals surface area (Å²) in [5.74, 6) is 0. The van der Waals surface area contributed by atoms with Crippen molar-refractivity contribution in [1.82, 2.24) is 15.1 Å². The maximum atomic E-state index is 5.40. The number of nitrogens with one attached hydrogen (secondary N) is 1. The van der Waals surface area contributed by atoms with Crippen LogP contribution in [-0.2, 0) is 4.74 Å². The van der Waals surface area contributed by atoms with Crippen LogP contribution in [0.3, 0.4) is 0 Å². The lowest BCUT2D eigenvalue weighted by atomic mass is 10.0. The molecule has 4 heteroatoms. The lowest BCUT2D eigenvalue weighted by Crippen LogP contribution is -2.52. The monoisotopic (exact) mass is 271 g/mol. The molecule has 0 spiro atoms. The maximum Gasteiger partial charge on any atom is 0.0630 e. The Hall–Kier alpha value is -0.160. The molecule has 1 unspecified atom stereocenters. The van der Waals surface area contributed by atoms with Gasteiger partial charge in [0.1, 0.15) is 0 Å². The number of likely N-dealkylation sites (tertiary alicyclic amines) is 1. The van der Waals surface area contributed by atoms with E-state index < -0.39 is 0 Å². The SMILES string of the molecule is CCN1CCC(N(C)C(CNC(C)C)COC)CC1. The van der Waals surface area contributed by atoms with Gasteiger partial charge in [-0.3, -0.25) is 4.90 Å². The molecular weight excluding hydrogens is 238 g/mol. The predicted molar refractivity (Wildman–Crippen MR) is 81.7 cm³/mol. The van der Waals surface area contributed by atoms with Gasteiger partial charge in [-0.1, -0.05) is 20.8 Å². The second-order valence-electron chi connectivity index (χ2n) is 6.00. The van der Waals surface area contributed by atoms with E-state index >= 15 is 0 Å². The van der Waals surface area contributed by atoms with E-state index in [2.05, 4.69) is 42.9 Å². The highest BCUT2D eigenvalue weighted by Crippen LogP contribution is 2.17. The summed E-state index contributed by atoms with van der Waals surface area (Å²) in [6, 6.07) is 1.72. The lowest BCUT2D eigenvalue weighted by Gasteiger charge is -2.40. The highest BCUT2D eigenvalue weighted by Gasteiger charge is 2.26. The third-order valence-corrected chi connectivity index (χ3v) is 4.28. The molecule has 1 saturated heterocycles. The zero-order chi connectivity index (χ0) is 14.3. The normalized spacial score (nSPS) is 20.4. The molecule has 1 rings (SSSR count). The molecule has 0 aromatic rings. The first-order valence-electron chi connectivity index (χ1n) is 7.75. The molecule has 0 bridgehead atoms. The summed E-state index contributed by atoms with van der Waals surface area (Å²) < 4.78 is 5.40. The largest absolute Gasteiger partial charge is 0.383 e. The van der Waals surface area contributed by atoms with Crippen molar-refractivity contribution in [2.45, 2.75) is 51.7 Å². The van der Waals surface area contributed by atoms with Crippen LogP contribution in [-0.4, -0.2) is 74.9 Å². The van der Waals surface area contributed by atoms with E-state index in [1.165, 1.54) is 32.5 Å². The summed E-state index contributed by atoms with van der Waals surface area (Å²) in [6.45, 7) is 12.1. The molecule has 0 aromatic carbocycles. The van der Waals surface area contributed by atoms with Crippen LogP contribution >= 0.6 is 0 Å². The molecule has 0 radical (unpaired) electrons. The fourth-order valence-electron chi connectivity index (χ4n) is 2.83. The Kier molecular flexibility index (Phi) is 7.91. The number of hydrogen-bond donors (Lipinski definition) is 1. The van der Waals surface area contributed by atoms with Crippen molar-refractivity contribution in [3.8, 4) is 0 Å². The van der Waals surface area contributed by atoms with Gasteiger partial charge in [0, 0.05) is 31.8 Å². The van der Waals surface area contributed by atoms with Gasteiger partial charge in [0.2, 0.25) is 0 Å². The van der Waals surface area contributed by atoms with Gasteiger partial charge in [-0.05, 0) is 39.5 Å².